The molecule has 2 aromatic carbocycles. The van der Waals surface area contributed by atoms with E-state index < -0.39 is 5.97 Å². The maximum absolute atomic E-state index is 12.0. The van der Waals surface area contributed by atoms with E-state index in [2.05, 4.69) is 0 Å². The number of carbonyl (C=O) groups is 1. The second kappa shape index (κ2) is 6.30. The molecule has 5 nitrogen and oxygen atoms in total. The number of rotatable bonds is 5. The van der Waals surface area contributed by atoms with Crippen molar-refractivity contribution in [1.29, 1.82) is 0 Å². The van der Waals surface area contributed by atoms with Gasteiger partial charge in [0, 0.05) is 0 Å². The molecule has 1 N–H and O–H groups in total. The first-order valence-corrected chi connectivity index (χ1v) is 7.34. The molecule has 2 atom stereocenters. The summed E-state index contributed by atoms with van der Waals surface area (Å²) in [5.74, 6) is 0.159. The van der Waals surface area contributed by atoms with Crippen LogP contribution in [0.4, 0.5) is 0 Å². The predicted octanol–water partition coefficient (Wildman–Crippen LogP) is 3.01. The first kappa shape index (κ1) is 15.4. The van der Waals surface area contributed by atoms with Gasteiger partial charge in [0.15, 0.2) is 0 Å². The van der Waals surface area contributed by atoms with Crippen LogP contribution in [0, 0.1) is 6.92 Å². The average molecular weight is 314 g/mol. The molecular formula is C18H18O5. The van der Waals surface area contributed by atoms with E-state index in [1.165, 1.54) is 6.07 Å². The minimum Gasteiger partial charge on any atom is -0.507 e. The van der Waals surface area contributed by atoms with Crippen LogP contribution in [0.15, 0.2) is 42.5 Å². The molecule has 2 unspecified atom stereocenters. The van der Waals surface area contributed by atoms with Crippen LogP contribution < -0.4 is 4.74 Å². The van der Waals surface area contributed by atoms with Crippen LogP contribution in [-0.4, -0.2) is 30.9 Å². The molecule has 1 fully saturated rings. The lowest BCUT2D eigenvalue weighted by atomic mass is 10.1. The summed E-state index contributed by atoms with van der Waals surface area (Å²) in [5.41, 5.74) is 2.07. The van der Waals surface area contributed by atoms with Crippen molar-refractivity contribution in [3.8, 4) is 11.5 Å². The highest BCUT2D eigenvalue weighted by Gasteiger charge is 2.41. The molecule has 3 rings (SSSR count). The zero-order valence-electron chi connectivity index (χ0n) is 13.0. The SMILES string of the molecule is COc1ccc(C2OC2COC(=O)c2cc(C)ccc2O)cc1. The molecule has 1 heterocycles. The summed E-state index contributed by atoms with van der Waals surface area (Å²) >= 11 is 0. The summed E-state index contributed by atoms with van der Waals surface area (Å²) in [7, 11) is 1.62. The van der Waals surface area contributed by atoms with Crippen LogP contribution in [-0.2, 0) is 9.47 Å². The molecule has 0 aliphatic carbocycles. The van der Waals surface area contributed by atoms with E-state index in [-0.39, 0.29) is 30.1 Å². The molecule has 0 radical (unpaired) electrons. The van der Waals surface area contributed by atoms with E-state index in [0.29, 0.717) is 0 Å². The van der Waals surface area contributed by atoms with Crippen molar-refractivity contribution >= 4 is 5.97 Å². The summed E-state index contributed by atoms with van der Waals surface area (Å²) < 4.78 is 15.9. The minimum absolute atomic E-state index is 0.0696. The van der Waals surface area contributed by atoms with Crippen LogP contribution in [0.5, 0.6) is 11.5 Å². The van der Waals surface area contributed by atoms with Crippen molar-refractivity contribution in [2.45, 2.75) is 19.1 Å². The van der Waals surface area contributed by atoms with Crippen LogP contribution >= 0.6 is 0 Å². The maximum Gasteiger partial charge on any atom is 0.342 e. The summed E-state index contributed by atoms with van der Waals surface area (Å²) in [4.78, 5) is 12.0. The number of hydrogen-bond acceptors (Lipinski definition) is 5. The van der Waals surface area contributed by atoms with Gasteiger partial charge < -0.3 is 19.3 Å². The van der Waals surface area contributed by atoms with Gasteiger partial charge >= 0.3 is 5.97 Å². The maximum atomic E-state index is 12.0. The van der Waals surface area contributed by atoms with Crippen LogP contribution in [0.1, 0.15) is 27.6 Å². The van der Waals surface area contributed by atoms with E-state index in [1.54, 1.807) is 19.2 Å². The molecule has 120 valence electrons. The molecule has 1 aliphatic rings. The summed E-state index contributed by atoms with van der Waals surface area (Å²) in [6.07, 6.45) is -0.223. The Morgan fingerprint density at radius 3 is 2.65 bits per heavy atom. The second-order valence-corrected chi connectivity index (χ2v) is 5.49. The number of carbonyl (C=O) groups excluding carboxylic acids is 1. The minimum atomic E-state index is -0.546. The van der Waals surface area contributed by atoms with E-state index in [0.717, 1.165) is 16.9 Å². The monoisotopic (exact) mass is 314 g/mol. The Morgan fingerprint density at radius 2 is 1.96 bits per heavy atom. The van der Waals surface area contributed by atoms with Crippen LogP contribution in [0.25, 0.3) is 0 Å². The van der Waals surface area contributed by atoms with Gasteiger partial charge in [-0.25, -0.2) is 4.79 Å². The van der Waals surface area contributed by atoms with Gasteiger partial charge in [0.05, 0.1) is 7.11 Å². The van der Waals surface area contributed by atoms with Crippen molar-refractivity contribution in [2.75, 3.05) is 13.7 Å². The number of esters is 1. The number of aromatic hydroxyl groups is 1. The normalized spacial score (nSPS) is 19.2. The van der Waals surface area contributed by atoms with Crippen molar-refractivity contribution in [3.05, 3.63) is 59.2 Å². The molecular weight excluding hydrogens is 296 g/mol. The number of phenolic OH excluding ortho intramolecular Hbond substituents is 1. The number of methoxy groups -OCH3 is 1. The van der Waals surface area contributed by atoms with Crippen molar-refractivity contribution in [1.82, 2.24) is 0 Å². The smallest absolute Gasteiger partial charge is 0.342 e. The molecule has 0 amide bonds. The van der Waals surface area contributed by atoms with Crippen LogP contribution in [0.2, 0.25) is 0 Å². The van der Waals surface area contributed by atoms with Gasteiger partial charge in [-0.15, -0.1) is 0 Å². The zero-order valence-corrected chi connectivity index (χ0v) is 13.0. The van der Waals surface area contributed by atoms with Gasteiger partial charge in [0.25, 0.3) is 0 Å². The van der Waals surface area contributed by atoms with Crippen molar-refractivity contribution < 1.29 is 24.1 Å². The fourth-order valence-corrected chi connectivity index (χ4v) is 2.41. The molecule has 0 saturated carbocycles. The molecule has 5 heteroatoms. The van der Waals surface area contributed by atoms with Crippen molar-refractivity contribution in [3.63, 3.8) is 0 Å². The number of epoxide rings is 1. The Hall–Kier alpha value is -2.53. The van der Waals surface area contributed by atoms with Gasteiger partial charge in [-0.1, -0.05) is 23.8 Å². The predicted molar refractivity (Wildman–Crippen MR) is 83.7 cm³/mol. The van der Waals surface area contributed by atoms with Gasteiger partial charge in [-0.2, -0.15) is 0 Å². The molecule has 2 aromatic rings. The molecule has 0 aromatic heterocycles. The van der Waals surface area contributed by atoms with Gasteiger partial charge in [0.2, 0.25) is 0 Å². The Bertz CT molecular complexity index is 708. The number of ether oxygens (including phenoxy) is 3. The van der Waals surface area contributed by atoms with E-state index in [1.807, 2.05) is 31.2 Å². The highest BCUT2D eigenvalue weighted by molar-refractivity contribution is 5.92. The number of hydrogen-bond donors (Lipinski definition) is 1. The van der Waals surface area contributed by atoms with Crippen LogP contribution in [0.3, 0.4) is 0 Å². The fourth-order valence-electron chi connectivity index (χ4n) is 2.41. The highest BCUT2D eigenvalue weighted by atomic mass is 16.6. The Morgan fingerprint density at radius 1 is 1.22 bits per heavy atom. The third kappa shape index (κ3) is 3.46. The molecule has 0 bridgehead atoms. The second-order valence-electron chi connectivity index (χ2n) is 5.49. The quantitative estimate of drug-likeness (QED) is 0.679. The molecule has 1 aliphatic heterocycles. The summed E-state index contributed by atoms with van der Waals surface area (Å²) in [6.45, 7) is 2.00. The summed E-state index contributed by atoms with van der Waals surface area (Å²) in [5, 5.41) is 9.72. The summed E-state index contributed by atoms with van der Waals surface area (Å²) in [6, 6.07) is 12.4. The van der Waals surface area contributed by atoms with Crippen molar-refractivity contribution in [2.24, 2.45) is 0 Å². The molecule has 0 spiro atoms. The largest absolute Gasteiger partial charge is 0.507 e. The lowest BCUT2D eigenvalue weighted by Gasteiger charge is -2.06. The topological polar surface area (TPSA) is 68.3 Å². The number of phenols is 1. The first-order valence-electron chi connectivity index (χ1n) is 7.34. The van der Waals surface area contributed by atoms with Gasteiger partial charge in [-0.3, -0.25) is 0 Å². The zero-order chi connectivity index (χ0) is 16.4. The third-order valence-electron chi connectivity index (χ3n) is 3.78. The number of aryl methyl sites for hydroxylation is 1. The standard InChI is InChI=1S/C18H18O5/c1-11-3-8-15(19)14(9-11)18(20)22-10-16-17(23-16)12-4-6-13(21-2)7-5-12/h3-9,16-17,19H,10H2,1-2H3. The Balaban J connectivity index is 1.55. The number of benzene rings is 2. The van der Waals surface area contributed by atoms with E-state index in [9.17, 15) is 9.90 Å². The lowest BCUT2D eigenvalue weighted by molar-refractivity contribution is 0.0473. The highest BCUT2D eigenvalue weighted by Crippen LogP contribution is 2.39. The first-order chi connectivity index (χ1) is 11.1. The molecule has 1 saturated heterocycles. The third-order valence-corrected chi connectivity index (χ3v) is 3.78. The average Bonchev–Trinajstić information content (AvgIpc) is 3.34. The Labute approximate surface area is 134 Å². The van der Waals surface area contributed by atoms with E-state index in [4.69, 9.17) is 14.2 Å². The molecule has 23 heavy (non-hydrogen) atoms. The van der Waals surface area contributed by atoms with Gasteiger partial charge in [0.1, 0.15) is 35.9 Å². The fraction of sp³-hybridized carbons (Fsp3) is 0.278. The Kier molecular flexibility index (Phi) is 4.21. The lowest BCUT2D eigenvalue weighted by Crippen LogP contribution is -2.11. The van der Waals surface area contributed by atoms with E-state index >= 15 is 0 Å². The van der Waals surface area contributed by atoms with Gasteiger partial charge in [-0.05, 0) is 36.8 Å².